The number of carbonyl (C=O) groups is 2. The number of anilines is 2. The van der Waals surface area contributed by atoms with E-state index in [0.29, 0.717) is 37.6 Å². The summed E-state index contributed by atoms with van der Waals surface area (Å²) in [7, 11) is 0. The fourth-order valence-corrected chi connectivity index (χ4v) is 3.70. The lowest BCUT2D eigenvalue weighted by molar-refractivity contribution is 0.0503. The minimum absolute atomic E-state index is 0.131. The molecule has 0 bridgehead atoms. The quantitative estimate of drug-likeness (QED) is 0.576. The minimum atomic E-state index is -0.594. The summed E-state index contributed by atoms with van der Waals surface area (Å²) in [6, 6.07) is 1.25. The Bertz CT molecular complexity index is 851. The average molecular weight is 452 g/mol. The minimum Gasteiger partial charge on any atom is -0.489 e. The molecule has 1 heterocycles. The first-order chi connectivity index (χ1) is 15.1. The number of alkyl carbamates (subject to hydrolysis) is 1. The molecule has 8 nitrogen and oxygen atoms in total. The molecule has 9 heteroatoms. The molecule has 1 atom stereocenters. The van der Waals surface area contributed by atoms with E-state index < -0.39 is 23.5 Å². The van der Waals surface area contributed by atoms with E-state index in [2.05, 4.69) is 10.6 Å². The molecule has 0 spiro atoms. The number of carbonyl (C=O) groups excluding carboxylic acids is 2. The summed E-state index contributed by atoms with van der Waals surface area (Å²) in [6.45, 7) is 10.4. The Balaban J connectivity index is 1.88. The standard InChI is InChI=1S/C23H34FN3O5/c1-6-30-20-18(25-14-8-9-14)16(21(28)31-7-2)12-17(24)19(20)27-11-10-15(13-27)26-22(29)32-23(3,4)5/h12,14-15,25H,6-11,13H2,1-5H3,(H,26,29). The molecule has 3 rings (SSSR count). The number of halogens is 1. The molecule has 0 aromatic heterocycles. The first kappa shape index (κ1) is 23.9. The van der Waals surface area contributed by atoms with Gasteiger partial charge in [-0.3, -0.25) is 0 Å². The molecule has 1 amide bonds. The molecule has 0 radical (unpaired) electrons. The molecule has 1 aromatic carbocycles. The fourth-order valence-electron chi connectivity index (χ4n) is 3.70. The van der Waals surface area contributed by atoms with E-state index in [1.54, 1.807) is 27.7 Å². The number of benzene rings is 1. The van der Waals surface area contributed by atoms with E-state index in [1.807, 2.05) is 11.8 Å². The highest BCUT2D eigenvalue weighted by Gasteiger charge is 2.34. The number of amides is 1. The van der Waals surface area contributed by atoms with Crippen LogP contribution in [0.5, 0.6) is 5.75 Å². The van der Waals surface area contributed by atoms with Crippen LogP contribution in [-0.2, 0) is 9.47 Å². The maximum Gasteiger partial charge on any atom is 0.407 e. The van der Waals surface area contributed by atoms with Crippen LogP contribution in [0.3, 0.4) is 0 Å². The molecule has 2 N–H and O–H groups in total. The highest BCUT2D eigenvalue weighted by Crippen LogP contribution is 2.44. The van der Waals surface area contributed by atoms with Crippen LogP contribution in [0.25, 0.3) is 0 Å². The van der Waals surface area contributed by atoms with Gasteiger partial charge in [-0.2, -0.15) is 0 Å². The average Bonchev–Trinajstić information content (AvgIpc) is 3.39. The van der Waals surface area contributed by atoms with Crippen LogP contribution in [0.1, 0.15) is 64.2 Å². The van der Waals surface area contributed by atoms with Crippen molar-refractivity contribution in [3.63, 3.8) is 0 Å². The summed E-state index contributed by atoms with van der Waals surface area (Å²) in [5.74, 6) is -0.843. The highest BCUT2D eigenvalue weighted by atomic mass is 19.1. The molecular weight excluding hydrogens is 417 g/mol. The van der Waals surface area contributed by atoms with Crippen LogP contribution in [0, 0.1) is 5.82 Å². The topological polar surface area (TPSA) is 89.1 Å². The molecule has 1 saturated heterocycles. The van der Waals surface area contributed by atoms with E-state index in [1.165, 1.54) is 6.07 Å². The Morgan fingerprint density at radius 3 is 2.47 bits per heavy atom. The summed E-state index contributed by atoms with van der Waals surface area (Å²) in [5, 5.41) is 6.18. The van der Waals surface area contributed by atoms with Gasteiger partial charge in [0, 0.05) is 19.1 Å². The molecule has 2 aliphatic rings. The van der Waals surface area contributed by atoms with Crippen LogP contribution < -0.4 is 20.3 Å². The van der Waals surface area contributed by atoms with Gasteiger partial charge in [-0.15, -0.1) is 0 Å². The van der Waals surface area contributed by atoms with Crippen molar-refractivity contribution in [3.8, 4) is 5.75 Å². The monoisotopic (exact) mass is 451 g/mol. The number of nitrogens with one attached hydrogen (secondary N) is 2. The Hall–Kier alpha value is -2.71. The smallest absolute Gasteiger partial charge is 0.407 e. The lowest BCUT2D eigenvalue weighted by Gasteiger charge is -2.26. The van der Waals surface area contributed by atoms with Gasteiger partial charge in [0.2, 0.25) is 0 Å². The van der Waals surface area contributed by atoms with Crippen molar-refractivity contribution in [1.29, 1.82) is 0 Å². The van der Waals surface area contributed by atoms with Crippen LogP contribution in [0.2, 0.25) is 0 Å². The van der Waals surface area contributed by atoms with Crippen LogP contribution >= 0.6 is 0 Å². The van der Waals surface area contributed by atoms with E-state index in [0.717, 1.165) is 12.8 Å². The Kier molecular flexibility index (Phi) is 7.36. The van der Waals surface area contributed by atoms with E-state index in [9.17, 15) is 9.59 Å². The Morgan fingerprint density at radius 1 is 1.16 bits per heavy atom. The third-order valence-electron chi connectivity index (χ3n) is 5.14. The second-order valence-corrected chi connectivity index (χ2v) is 9.11. The SMILES string of the molecule is CCOC(=O)c1cc(F)c(N2CCC(NC(=O)OC(C)(C)C)C2)c(OCC)c1NC1CC1. The fraction of sp³-hybridized carbons (Fsp3) is 0.652. The van der Waals surface area contributed by atoms with Crippen molar-refractivity contribution in [3.05, 3.63) is 17.4 Å². The third-order valence-corrected chi connectivity index (χ3v) is 5.14. The van der Waals surface area contributed by atoms with Gasteiger partial charge in [0.25, 0.3) is 0 Å². The number of nitrogens with zero attached hydrogens (tertiary/aromatic N) is 1. The van der Waals surface area contributed by atoms with Crippen molar-refractivity contribution < 1.29 is 28.2 Å². The zero-order valence-corrected chi connectivity index (χ0v) is 19.5. The number of ether oxygens (including phenoxy) is 3. The predicted octanol–water partition coefficient (Wildman–Crippen LogP) is 4.08. The van der Waals surface area contributed by atoms with E-state index >= 15 is 4.39 Å². The Morgan fingerprint density at radius 2 is 1.88 bits per heavy atom. The van der Waals surface area contributed by atoms with Gasteiger partial charge in [-0.25, -0.2) is 14.0 Å². The van der Waals surface area contributed by atoms with Crippen LogP contribution in [-0.4, -0.2) is 56.1 Å². The van der Waals surface area contributed by atoms with Gasteiger partial charge in [0.05, 0.1) is 30.5 Å². The maximum absolute atomic E-state index is 15.4. The number of esters is 1. The van der Waals surface area contributed by atoms with Gasteiger partial charge in [-0.05, 0) is 59.9 Å². The summed E-state index contributed by atoms with van der Waals surface area (Å²) < 4.78 is 31.7. The molecule has 2 fully saturated rings. The molecular formula is C23H34FN3O5. The number of hydrogen-bond donors (Lipinski definition) is 2. The molecule has 1 aromatic rings. The van der Waals surface area contributed by atoms with Gasteiger partial charge < -0.3 is 29.7 Å². The zero-order chi connectivity index (χ0) is 23.5. The molecule has 1 unspecified atom stereocenters. The summed E-state index contributed by atoms with van der Waals surface area (Å²) in [6.07, 6.45) is 2.09. The van der Waals surface area contributed by atoms with Crippen molar-refractivity contribution in [2.75, 3.05) is 36.5 Å². The largest absolute Gasteiger partial charge is 0.489 e. The lowest BCUT2D eigenvalue weighted by Crippen LogP contribution is -2.40. The summed E-state index contributed by atoms with van der Waals surface area (Å²) in [4.78, 5) is 26.5. The van der Waals surface area contributed by atoms with Crippen molar-refractivity contribution in [2.24, 2.45) is 0 Å². The van der Waals surface area contributed by atoms with Crippen LogP contribution in [0.15, 0.2) is 6.07 Å². The van der Waals surface area contributed by atoms with Crippen LogP contribution in [0.4, 0.5) is 20.6 Å². The second-order valence-electron chi connectivity index (χ2n) is 9.11. The third kappa shape index (κ3) is 5.95. The van der Waals surface area contributed by atoms with E-state index in [4.69, 9.17) is 14.2 Å². The first-order valence-electron chi connectivity index (χ1n) is 11.3. The van der Waals surface area contributed by atoms with Gasteiger partial charge >= 0.3 is 12.1 Å². The molecule has 1 saturated carbocycles. The van der Waals surface area contributed by atoms with Gasteiger partial charge in [-0.1, -0.05) is 0 Å². The Labute approximate surface area is 188 Å². The second kappa shape index (κ2) is 9.83. The molecule has 178 valence electrons. The summed E-state index contributed by atoms with van der Waals surface area (Å²) in [5.41, 5.74) is 0.290. The highest BCUT2D eigenvalue weighted by molar-refractivity contribution is 5.99. The predicted molar refractivity (Wildman–Crippen MR) is 120 cm³/mol. The molecule has 1 aliphatic heterocycles. The van der Waals surface area contributed by atoms with E-state index in [-0.39, 0.29) is 29.9 Å². The van der Waals surface area contributed by atoms with Crippen molar-refractivity contribution in [2.45, 2.75) is 71.6 Å². The van der Waals surface area contributed by atoms with Crippen molar-refractivity contribution in [1.82, 2.24) is 5.32 Å². The normalized spacial score (nSPS) is 18.3. The number of hydrogen-bond acceptors (Lipinski definition) is 7. The van der Waals surface area contributed by atoms with Crippen molar-refractivity contribution >= 4 is 23.4 Å². The first-order valence-corrected chi connectivity index (χ1v) is 11.3. The lowest BCUT2D eigenvalue weighted by atomic mass is 10.1. The molecule has 32 heavy (non-hydrogen) atoms. The molecule has 1 aliphatic carbocycles. The number of rotatable bonds is 8. The van der Waals surface area contributed by atoms with Gasteiger partial charge in [0.1, 0.15) is 11.3 Å². The summed E-state index contributed by atoms with van der Waals surface area (Å²) >= 11 is 0. The zero-order valence-electron chi connectivity index (χ0n) is 19.5. The maximum atomic E-state index is 15.4. The van der Waals surface area contributed by atoms with Gasteiger partial charge in [0.15, 0.2) is 11.6 Å².